The Hall–Kier alpha value is -7.04. The summed E-state index contributed by atoms with van der Waals surface area (Å²) in [7, 11) is 0. The zero-order valence-corrected chi connectivity index (χ0v) is 42.0. The summed E-state index contributed by atoms with van der Waals surface area (Å²) in [6, 6.07) is 63.9. The summed E-state index contributed by atoms with van der Waals surface area (Å²) in [5.41, 5.74) is 25.1. The number of hydrogen-bond donors (Lipinski definition) is 0. The molecule has 0 amide bonds. The lowest BCUT2D eigenvalue weighted by atomic mass is 9.44. The van der Waals surface area contributed by atoms with E-state index < -0.39 is 0 Å². The molecule has 0 spiro atoms. The van der Waals surface area contributed by atoms with Gasteiger partial charge < -0.3 is 13.9 Å². The van der Waals surface area contributed by atoms with E-state index in [1.807, 2.05) is 0 Å². The van der Waals surface area contributed by atoms with E-state index in [1.165, 1.54) is 128 Å². The third kappa shape index (κ3) is 5.94. The zero-order valence-electron chi connectivity index (χ0n) is 42.0. The van der Waals surface area contributed by atoms with Crippen molar-refractivity contribution in [1.29, 1.82) is 0 Å². The highest BCUT2D eigenvalue weighted by Gasteiger charge is 2.46. The number of aromatic nitrogens is 2. The average Bonchev–Trinajstić information content (AvgIpc) is 3.84. The van der Waals surface area contributed by atoms with Crippen molar-refractivity contribution in [3.8, 4) is 39.2 Å². The molecular formula is C65H60BN3. The maximum atomic E-state index is 2.80. The molecule has 4 aliphatic rings. The molecule has 338 valence electrons. The first-order chi connectivity index (χ1) is 32.9. The molecule has 0 aliphatic carbocycles. The summed E-state index contributed by atoms with van der Waals surface area (Å²) < 4.78 is 5.34. The van der Waals surface area contributed by atoms with Crippen molar-refractivity contribution in [2.75, 3.05) is 4.90 Å². The van der Waals surface area contributed by atoms with Crippen LogP contribution in [-0.2, 0) is 21.7 Å². The van der Waals surface area contributed by atoms with Gasteiger partial charge in [0.25, 0.3) is 0 Å². The summed E-state index contributed by atoms with van der Waals surface area (Å²) in [4.78, 5) is 2.60. The lowest BCUT2D eigenvalue weighted by molar-refractivity contribution is 0.590. The molecule has 0 fully saturated rings. The first kappa shape index (κ1) is 42.1. The molecule has 10 aromatic rings. The Bertz CT molecular complexity index is 3800. The molecule has 0 saturated heterocycles. The SMILES string of the molecule is CC(C)(C)c1ccc(N2c3ccc(C(C)(C)C)cc3B3c4c(cc(C(C)(C)C)cc42)-c2cc4cc5c(c(-c6ccccc6)n3c25)-c2ccccc2-n2c3ccccc3c3cc(ccc32)C4(C)C)cc1. The van der Waals surface area contributed by atoms with Crippen LogP contribution in [0, 0.1) is 0 Å². The van der Waals surface area contributed by atoms with Gasteiger partial charge in [-0.15, -0.1) is 0 Å². The normalized spacial score (nSPS) is 14.7. The van der Waals surface area contributed by atoms with Crippen molar-refractivity contribution < 1.29 is 0 Å². The van der Waals surface area contributed by atoms with Crippen LogP contribution in [0.1, 0.15) is 104 Å². The molecular weight excluding hydrogens is 834 g/mol. The molecule has 6 heterocycles. The first-order valence-electron chi connectivity index (χ1n) is 25.0. The topological polar surface area (TPSA) is 13.1 Å². The van der Waals surface area contributed by atoms with E-state index in [4.69, 9.17) is 0 Å². The van der Waals surface area contributed by atoms with Gasteiger partial charge in [-0.2, -0.15) is 0 Å². The van der Waals surface area contributed by atoms with E-state index in [1.54, 1.807) is 0 Å². The number of para-hydroxylation sites is 2. The van der Waals surface area contributed by atoms with Crippen molar-refractivity contribution >= 4 is 67.5 Å². The Morgan fingerprint density at radius 3 is 1.84 bits per heavy atom. The third-order valence-electron chi connectivity index (χ3n) is 16.2. The largest absolute Gasteiger partial charge is 0.375 e. The van der Waals surface area contributed by atoms with E-state index >= 15 is 0 Å². The zero-order chi connectivity index (χ0) is 47.7. The van der Waals surface area contributed by atoms with Crippen LogP contribution in [0.2, 0.25) is 0 Å². The maximum Gasteiger partial charge on any atom is 0.333 e. The summed E-state index contributed by atoms with van der Waals surface area (Å²) in [5, 5.41) is 3.86. The van der Waals surface area contributed by atoms with Gasteiger partial charge >= 0.3 is 6.85 Å². The molecule has 3 nitrogen and oxygen atoms in total. The molecule has 0 N–H and O–H groups in total. The standard InChI is InChI=1S/C65H60BN3/c1-62(2,3)40-25-29-45(30-26-40)67-56-32-27-41(63(4,5)6)37-52(56)66-59-49(34-43(38-57(59)67)64(7,8)9)50-35-44-36-51-58(60(69(66)61(50)51)39-19-13-12-14-20-39)47-22-16-18-24-54(47)68-53-23-17-15-21-46(53)48-33-42(65(44,10)11)28-31-55(48)68/h12-38H,1-11H3. The van der Waals surface area contributed by atoms with Gasteiger partial charge in [0.2, 0.25) is 0 Å². The lowest BCUT2D eigenvalue weighted by Gasteiger charge is -2.42. The van der Waals surface area contributed by atoms with Crippen LogP contribution in [-0.4, -0.2) is 15.9 Å². The highest BCUT2D eigenvalue weighted by Crippen LogP contribution is 2.54. The predicted molar refractivity (Wildman–Crippen MR) is 296 cm³/mol. The fourth-order valence-corrected chi connectivity index (χ4v) is 12.2. The Balaban J connectivity index is 1.25. The minimum absolute atomic E-state index is 0.0393. The smallest absolute Gasteiger partial charge is 0.333 e. The van der Waals surface area contributed by atoms with Crippen LogP contribution in [0.3, 0.4) is 0 Å². The van der Waals surface area contributed by atoms with Crippen LogP contribution in [0.4, 0.5) is 17.1 Å². The third-order valence-corrected chi connectivity index (χ3v) is 16.2. The molecule has 8 aromatic carbocycles. The van der Waals surface area contributed by atoms with Crippen LogP contribution in [0.25, 0.3) is 71.9 Å². The summed E-state index contributed by atoms with van der Waals surface area (Å²) in [5.74, 6) is 0. The minimum Gasteiger partial charge on any atom is -0.375 e. The van der Waals surface area contributed by atoms with Gasteiger partial charge in [-0.05, 0) is 127 Å². The van der Waals surface area contributed by atoms with Crippen LogP contribution in [0.15, 0.2) is 164 Å². The first-order valence-corrected chi connectivity index (χ1v) is 25.0. The van der Waals surface area contributed by atoms with Gasteiger partial charge in [-0.25, -0.2) is 0 Å². The lowest BCUT2D eigenvalue weighted by Crippen LogP contribution is -2.57. The highest BCUT2D eigenvalue weighted by atomic mass is 15.2. The molecule has 0 atom stereocenters. The molecule has 4 heteroatoms. The number of fused-ring (bicyclic) bond motifs is 6. The number of hydrogen-bond acceptors (Lipinski definition) is 1. The minimum atomic E-state index is -0.333. The van der Waals surface area contributed by atoms with E-state index in [0.29, 0.717) is 0 Å². The molecule has 69 heavy (non-hydrogen) atoms. The second kappa shape index (κ2) is 14.0. The van der Waals surface area contributed by atoms with Crippen molar-refractivity contribution in [3.05, 3.63) is 192 Å². The Kier molecular flexibility index (Phi) is 8.56. The quantitative estimate of drug-likeness (QED) is 0.158. The summed E-state index contributed by atoms with van der Waals surface area (Å²) in [6.07, 6.45) is 0. The predicted octanol–water partition coefficient (Wildman–Crippen LogP) is 16.0. The van der Waals surface area contributed by atoms with E-state index in [0.717, 1.165) is 0 Å². The highest BCUT2D eigenvalue weighted by molar-refractivity contribution is 6.90. The number of nitrogens with zero attached hydrogens (tertiary/aromatic N) is 3. The number of anilines is 3. The van der Waals surface area contributed by atoms with Crippen LogP contribution < -0.4 is 15.8 Å². The van der Waals surface area contributed by atoms with Gasteiger partial charge in [0.15, 0.2) is 0 Å². The van der Waals surface area contributed by atoms with Gasteiger partial charge in [0.1, 0.15) is 0 Å². The van der Waals surface area contributed by atoms with Crippen LogP contribution >= 0.6 is 0 Å². The fraction of sp³-hybridized carbons (Fsp3) is 0.231. The summed E-state index contributed by atoms with van der Waals surface area (Å²) in [6.45, 7) is 25.9. The number of rotatable bonds is 2. The second-order valence-corrected chi connectivity index (χ2v) is 23.9. The monoisotopic (exact) mass is 893 g/mol. The molecule has 0 radical (unpaired) electrons. The van der Waals surface area contributed by atoms with Crippen molar-refractivity contribution in [1.82, 2.24) is 9.05 Å². The van der Waals surface area contributed by atoms with Gasteiger partial charge in [0, 0.05) is 66.5 Å². The number of benzene rings is 8. The molecule has 0 saturated carbocycles. The molecule has 6 bridgehead atoms. The van der Waals surface area contributed by atoms with E-state index in [9.17, 15) is 0 Å². The Morgan fingerprint density at radius 1 is 0.449 bits per heavy atom. The maximum absolute atomic E-state index is 2.80. The van der Waals surface area contributed by atoms with Gasteiger partial charge in [-0.1, -0.05) is 179 Å². The van der Waals surface area contributed by atoms with E-state index in [-0.39, 0.29) is 28.5 Å². The van der Waals surface area contributed by atoms with Crippen molar-refractivity contribution in [2.24, 2.45) is 0 Å². The van der Waals surface area contributed by atoms with Crippen molar-refractivity contribution in [2.45, 2.75) is 97.8 Å². The van der Waals surface area contributed by atoms with Gasteiger partial charge in [0.05, 0.1) is 16.7 Å². The van der Waals surface area contributed by atoms with Gasteiger partial charge in [-0.3, -0.25) is 0 Å². The molecule has 0 unspecified atom stereocenters. The molecule has 14 rings (SSSR count). The van der Waals surface area contributed by atoms with Crippen LogP contribution in [0.5, 0.6) is 0 Å². The van der Waals surface area contributed by atoms with E-state index in [2.05, 4.69) is 254 Å². The average molecular weight is 894 g/mol. The van der Waals surface area contributed by atoms with Crippen molar-refractivity contribution in [3.63, 3.8) is 0 Å². The fourth-order valence-electron chi connectivity index (χ4n) is 12.2. The second-order valence-electron chi connectivity index (χ2n) is 23.9. The summed E-state index contributed by atoms with van der Waals surface area (Å²) >= 11 is 0. The molecule has 4 aliphatic heterocycles. The molecule has 2 aromatic heterocycles. The Labute approximate surface area is 408 Å². The Morgan fingerprint density at radius 2 is 1.10 bits per heavy atom.